The summed E-state index contributed by atoms with van der Waals surface area (Å²) in [6, 6.07) is 6.03. The second kappa shape index (κ2) is 2.69. The maximum absolute atomic E-state index is 12.1. The molecule has 1 aromatic rings. The van der Waals surface area contributed by atoms with Crippen LogP contribution in [0.5, 0.6) is 0 Å². The summed E-state index contributed by atoms with van der Waals surface area (Å²) in [6.07, 6.45) is 4.36. The number of Topliss-reactive ketones (excluding diaryl/α,β-unsaturated/α-hetero) is 1. The number of carbonyl (C=O) groups is 1. The zero-order chi connectivity index (χ0) is 9.76. The molecule has 3 rings (SSSR count). The molecule has 1 nitrogen and oxygen atoms in total. The molecule has 2 aliphatic carbocycles. The van der Waals surface area contributed by atoms with Crippen LogP contribution in [0.4, 0.5) is 0 Å². The molecule has 1 aromatic carbocycles. The molecule has 0 N–H and O–H groups in total. The summed E-state index contributed by atoms with van der Waals surface area (Å²) in [4.78, 5) is 12.1. The van der Waals surface area contributed by atoms with E-state index in [0.29, 0.717) is 5.78 Å². The van der Waals surface area contributed by atoms with Crippen molar-refractivity contribution in [1.82, 2.24) is 0 Å². The van der Waals surface area contributed by atoms with E-state index in [1.54, 1.807) is 0 Å². The average molecular weight is 251 g/mol. The highest BCUT2D eigenvalue weighted by atomic mass is 79.9. The molecule has 2 aliphatic rings. The molecule has 0 saturated heterocycles. The summed E-state index contributed by atoms with van der Waals surface area (Å²) in [5.41, 5.74) is 2.26. The van der Waals surface area contributed by atoms with Gasteiger partial charge in [0, 0.05) is 15.5 Å². The number of rotatable bonds is 0. The first kappa shape index (κ1) is 8.66. The molecule has 0 heterocycles. The van der Waals surface area contributed by atoms with Crippen molar-refractivity contribution < 1.29 is 4.79 Å². The van der Waals surface area contributed by atoms with Crippen LogP contribution in [0, 0.1) is 5.41 Å². The third-order valence-corrected chi connectivity index (χ3v) is 4.01. The van der Waals surface area contributed by atoms with E-state index in [1.165, 1.54) is 5.56 Å². The number of halogens is 1. The van der Waals surface area contributed by atoms with Crippen molar-refractivity contribution in [2.24, 2.45) is 5.41 Å². The quantitative estimate of drug-likeness (QED) is 0.691. The van der Waals surface area contributed by atoms with Crippen molar-refractivity contribution in [3.8, 4) is 0 Å². The maximum Gasteiger partial charge on any atom is 0.169 e. The Labute approximate surface area is 91.6 Å². The van der Waals surface area contributed by atoms with Gasteiger partial charge in [-0.3, -0.25) is 4.79 Å². The number of ketones is 1. The van der Waals surface area contributed by atoms with E-state index >= 15 is 0 Å². The lowest BCUT2D eigenvalue weighted by atomic mass is 9.80. The fraction of sp³-hybridized carbons (Fsp3) is 0.417. The van der Waals surface area contributed by atoms with Crippen molar-refractivity contribution in [2.45, 2.75) is 25.7 Å². The third kappa shape index (κ3) is 1.10. The fourth-order valence-corrected chi connectivity index (χ4v) is 2.80. The largest absolute Gasteiger partial charge is 0.294 e. The lowest BCUT2D eigenvalue weighted by molar-refractivity contribution is 0.0880. The number of fused-ring (bicyclic) bond motifs is 1. The van der Waals surface area contributed by atoms with Gasteiger partial charge in [0.1, 0.15) is 0 Å². The van der Waals surface area contributed by atoms with Crippen LogP contribution in [-0.2, 0) is 6.42 Å². The van der Waals surface area contributed by atoms with Gasteiger partial charge in [-0.15, -0.1) is 0 Å². The average Bonchev–Trinajstić information content (AvgIpc) is 2.93. The van der Waals surface area contributed by atoms with Crippen LogP contribution < -0.4 is 0 Å². The van der Waals surface area contributed by atoms with Gasteiger partial charge in [-0.25, -0.2) is 0 Å². The lowest BCUT2D eigenvalue weighted by Gasteiger charge is -2.22. The molecule has 72 valence electrons. The smallest absolute Gasteiger partial charge is 0.169 e. The lowest BCUT2D eigenvalue weighted by Crippen LogP contribution is -2.23. The first-order chi connectivity index (χ1) is 6.71. The van der Waals surface area contributed by atoms with Crippen molar-refractivity contribution in [2.75, 3.05) is 0 Å². The Balaban J connectivity index is 2.12. The minimum absolute atomic E-state index is 0.0703. The molecule has 0 radical (unpaired) electrons. The third-order valence-electron chi connectivity index (χ3n) is 3.52. The Morgan fingerprint density at radius 3 is 2.71 bits per heavy atom. The summed E-state index contributed by atoms with van der Waals surface area (Å²) in [7, 11) is 0. The fourth-order valence-electron chi connectivity index (χ4n) is 2.39. The van der Waals surface area contributed by atoms with Gasteiger partial charge < -0.3 is 0 Å². The SMILES string of the molecule is O=C1c2ccc(Br)cc2CCC12CC2. The molecule has 0 atom stereocenters. The van der Waals surface area contributed by atoms with Crippen LogP contribution in [0.3, 0.4) is 0 Å². The van der Waals surface area contributed by atoms with E-state index in [9.17, 15) is 4.79 Å². The minimum atomic E-state index is 0.0703. The van der Waals surface area contributed by atoms with E-state index in [-0.39, 0.29) is 5.41 Å². The first-order valence-corrected chi connectivity index (χ1v) is 5.84. The number of hydrogen-bond donors (Lipinski definition) is 0. The van der Waals surface area contributed by atoms with Gasteiger partial charge in [0.25, 0.3) is 0 Å². The van der Waals surface area contributed by atoms with E-state index in [4.69, 9.17) is 0 Å². The molecule has 1 saturated carbocycles. The summed E-state index contributed by atoms with van der Waals surface area (Å²) in [5.74, 6) is 0.395. The summed E-state index contributed by atoms with van der Waals surface area (Å²) < 4.78 is 1.08. The van der Waals surface area contributed by atoms with Gasteiger partial charge in [0.2, 0.25) is 0 Å². The van der Waals surface area contributed by atoms with Gasteiger partial charge in [0.15, 0.2) is 5.78 Å². The molecule has 2 heteroatoms. The van der Waals surface area contributed by atoms with E-state index in [1.807, 2.05) is 12.1 Å². The van der Waals surface area contributed by atoms with E-state index < -0.39 is 0 Å². The predicted octanol–water partition coefficient (Wildman–Crippen LogP) is 3.36. The normalized spacial score (nSPS) is 22.2. The molecule has 1 spiro atoms. The van der Waals surface area contributed by atoms with E-state index in [0.717, 1.165) is 35.7 Å². The highest BCUT2D eigenvalue weighted by molar-refractivity contribution is 9.10. The van der Waals surface area contributed by atoms with Gasteiger partial charge >= 0.3 is 0 Å². The Morgan fingerprint density at radius 1 is 1.21 bits per heavy atom. The summed E-state index contributed by atoms with van der Waals surface area (Å²) >= 11 is 3.44. The molecule has 0 bridgehead atoms. The molecular weight excluding hydrogens is 240 g/mol. The van der Waals surface area contributed by atoms with Gasteiger partial charge in [-0.05, 0) is 49.4 Å². The highest BCUT2D eigenvalue weighted by Gasteiger charge is 2.51. The minimum Gasteiger partial charge on any atom is -0.294 e. The summed E-state index contributed by atoms with van der Waals surface area (Å²) in [6.45, 7) is 0. The Kier molecular flexibility index (Phi) is 1.67. The molecule has 0 unspecified atom stereocenters. The van der Waals surface area contributed by atoms with Crippen LogP contribution >= 0.6 is 15.9 Å². The molecular formula is C12H11BrO. The summed E-state index contributed by atoms with van der Waals surface area (Å²) in [5, 5.41) is 0. The predicted molar refractivity (Wildman–Crippen MR) is 58.5 cm³/mol. The van der Waals surface area contributed by atoms with Crippen LogP contribution in [-0.4, -0.2) is 5.78 Å². The highest BCUT2D eigenvalue weighted by Crippen LogP contribution is 2.54. The van der Waals surface area contributed by atoms with Crippen molar-refractivity contribution in [3.05, 3.63) is 33.8 Å². The Morgan fingerprint density at radius 2 is 2.00 bits per heavy atom. The Hall–Kier alpha value is -0.630. The zero-order valence-corrected chi connectivity index (χ0v) is 9.43. The molecule has 0 aromatic heterocycles. The number of aryl methyl sites for hydroxylation is 1. The van der Waals surface area contributed by atoms with Crippen molar-refractivity contribution in [1.29, 1.82) is 0 Å². The van der Waals surface area contributed by atoms with Gasteiger partial charge in [-0.2, -0.15) is 0 Å². The van der Waals surface area contributed by atoms with Crippen LogP contribution in [0.15, 0.2) is 22.7 Å². The van der Waals surface area contributed by atoms with Gasteiger partial charge in [0.05, 0.1) is 0 Å². The van der Waals surface area contributed by atoms with Crippen molar-refractivity contribution in [3.63, 3.8) is 0 Å². The monoisotopic (exact) mass is 250 g/mol. The molecule has 0 amide bonds. The maximum atomic E-state index is 12.1. The number of hydrogen-bond acceptors (Lipinski definition) is 1. The van der Waals surface area contributed by atoms with E-state index in [2.05, 4.69) is 22.0 Å². The van der Waals surface area contributed by atoms with Crippen LogP contribution in [0.1, 0.15) is 35.2 Å². The number of carbonyl (C=O) groups excluding carboxylic acids is 1. The number of benzene rings is 1. The second-order valence-electron chi connectivity index (χ2n) is 4.41. The van der Waals surface area contributed by atoms with Crippen LogP contribution in [0.2, 0.25) is 0 Å². The standard InChI is InChI=1S/C12H11BrO/c13-9-1-2-10-8(7-9)3-4-12(5-6-12)11(10)14/h1-2,7H,3-6H2. The molecule has 14 heavy (non-hydrogen) atoms. The topological polar surface area (TPSA) is 17.1 Å². The Bertz CT molecular complexity index is 418. The molecule has 0 aliphatic heterocycles. The second-order valence-corrected chi connectivity index (χ2v) is 5.33. The van der Waals surface area contributed by atoms with Crippen LogP contribution in [0.25, 0.3) is 0 Å². The van der Waals surface area contributed by atoms with Crippen molar-refractivity contribution >= 4 is 21.7 Å². The van der Waals surface area contributed by atoms with Gasteiger partial charge in [-0.1, -0.05) is 15.9 Å². The molecule has 1 fully saturated rings. The first-order valence-electron chi connectivity index (χ1n) is 5.05. The zero-order valence-electron chi connectivity index (χ0n) is 7.85.